The molecule has 1 unspecified atom stereocenters. The summed E-state index contributed by atoms with van der Waals surface area (Å²) in [5.41, 5.74) is 2.56. The summed E-state index contributed by atoms with van der Waals surface area (Å²) in [5.74, 6) is 0.925. The number of ether oxygens (including phenoxy) is 1. The molecule has 0 radical (unpaired) electrons. The molecule has 0 aliphatic carbocycles. The second-order valence-corrected chi connectivity index (χ2v) is 5.29. The van der Waals surface area contributed by atoms with Gasteiger partial charge in [-0.25, -0.2) is 0 Å². The molecule has 18 heavy (non-hydrogen) atoms. The SMILES string of the molecule is CNC(c1ccc(OC(C)C)cc1)c1ccsc1. The van der Waals surface area contributed by atoms with Crippen molar-refractivity contribution >= 4 is 11.3 Å². The highest BCUT2D eigenvalue weighted by atomic mass is 32.1. The second-order valence-electron chi connectivity index (χ2n) is 4.51. The van der Waals surface area contributed by atoms with Crippen LogP contribution >= 0.6 is 11.3 Å². The van der Waals surface area contributed by atoms with E-state index in [9.17, 15) is 0 Å². The van der Waals surface area contributed by atoms with Crippen LogP contribution in [0.4, 0.5) is 0 Å². The molecule has 1 N–H and O–H groups in total. The zero-order valence-electron chi connectivity index (χ0n) is 11.0. The first-order chi connectivity index (χ1) is 8.70. The van der Waals surface area contributed by atoms with Crippen LogP contribution in [-0.2, 0) is 0 Å². The van der Waals surface area contributed by atoms with Crippen molar-refractivity contribution in [1.29, 1.82) is 0 Å². The standard InChI is InChI=1S/C15H19NOS/c1-11(2)17-14-6-4-12(5-7-14)15(16-3)13-8-9-18-10-13/h4-11,15-16H,1-3H3. The fraction of sp³-hybridized carbons (Fsp3) is 0.333. The summed E-state index contributed by atoms with van der Waals surface area (Å²) in [6.07, 6.45) is 0.216. The van der Waals surface area contributed by atoms with E-state index in [1.807, 2.05) is 33.0 Å². The predicted molar refractivity (Wildman–Crippen MR) is 77.4 cm³/mol. The quantitative estimate of drug-likeness (QED) is 0.883. The second kappa shape index (κ2) is 6.03. The van der Waals surface area contributed by atoms with Crippen LogP contribution in [-0.4, -0.2) is 13.2 Å². The van der Waals surface area contributed by atoms with Crippen molar-refractivity contribution in [3.63, 3.8) is 0 Å². The van der Waals surface area contributed by atoms with Gasteiger partial charge in [-0.1, -0.05) is 12.1 Å². The van der Waals surface area contributed by atoms with Crippen LogP contribution in [0.15, 0.2) is 41.1 Å². The number of benzene rings is 1. The molecule has 1 aromatic heterocycles. The van der Waals surface area contributed by atoms with E-state index in [4.69, 9.17) is 4.74 Å². The summed E-state index contributed by atoms with van der Waals surface area (Å²) in [7, 11) is 1.99. The van der Waals surface area contributed by atoms with Crippen molar-refractivity contribution in [3.05, 3.63) is 52.2 Å². The molecule has 0 fully saturated rings. The molecule has 0 spiro atoms. The van der Waals surface area contributed by atoms with Crippen molar-refractivity contribution in [2.24, 2.45) is 0 Å². The monoisotopic (exact) mass is 261 g/mol. The molecule has 2 rings (SSSR count). The molecule has 0 amide bonds. The third-order valence-corrected chi connectivity index (χ3v) is 3.45. The van der Waals surface area contributed by atoms with Gasteiger partial charge in [-0.3, -0.25) is 0 Å². The van der Waals surface area contributed by atoms with E-state index in [0.717, 1.165) is 5.75 Å². The summed E-state index contributed by atoms with van der Waals surface area (Å²) in [4.78, 5) is 0. The van der Waals surface area contributed by atoms with Crippen LogP contribution in [0.3, 0.4) is 0 Å². The van der Waals surface area contributed by atoms with Crippen LogP contribution in [0.5, 0.6) is 5.75 Å². The van der Waals surface area contributed by atoms with Crippen LogP contribution in [0.25, 0.3) is 0 Å². The van der Waals surface area contributed by atoms with Gasteiger partial charge in [-0.2, -0.15) is 11.3 Å². The van der Waals surface area contributed by atoms with Gasteiger partial charge in [-0.15, -0.1) is 0 Å². The van der Waals surface area contributed by atoms with Gasteiger partial charge in [0.05, 0.1) is 12.1 Å². The van der Waals surface area contributed by atoms with Crippen molar-refractivity contribution in [2.75, 3.05) is 7.05 Å². The molecule has 0 bridgehead atoms. The van der Waals surface area contributed by atoms with Gasteiger partial charge in [0.1, 0.15) is 5.75 Å². The first-order valence-electron chi connectivity index (χ1n) is 6.16. The van der Waals surface area contributed by atoms with Gasteiger partial charge in [0.25, 0.3) is 0 Å². The number of hydrogen-bond donors (Lipinski definition) is 1. The maximum absolute atomic E-state index is 5.65. The third-order valence-electron chi connectivity index (χ3n) is 2.75. The molecule has 0 saturated carbocycles. The summed E-state index contributed by atoms with van der Waals surface area (Å²) >= 11 is 1.72. The number of rotatable bonds is 5. The Labute approximate surface area is 113 Å². The van der Waals surface area contributed by atoms with Crippen molar-refractivity contribution < 1.29 is 4.74 Å². The molecule has 96 valence electrons. The van der Waals surface area contributed by atoms with Gasteiger partial charge in [0, 0.05) is 0 Å². The molecule has 1 atom stereocenters. The maximum atomic E-state index is 5.65. The Morgan fingerprint density at radius 1 is 1.06 bits per heavy atom. The molecule has 0 aliphatic heterocycles. The van der Waals surface area contributed by atoms with E-state index in [2.05, 4.69) is 34.3 Å². The average Bonchev–Trinajstić information content (AvgIpc) is 2.85. The molecular formula is C15H19NOS. The Bertz CT molecular complexity index is 462. The fourth-order valence-corrected chi connectivity index (χ4v) is 2.66. The summed E-state index contributed by atoms with van der Waals surface area (Å²) in [5, 5.41) is 7.63. The molecular weight excluding hydrogens is 242 g/mol. The highest BCUT2D eigenvalue weighted by molar-refractivity contribution is 7.08. The molecule has 3 heteroatoms. The Hall–Kier alpha value is -1.32. The lowest BCUT2D eigenvalue weighted by atomic mass is 10.0. The van der Waals surface area contributed by atoms with Crippen molar-refractivity contribution in [2.45, 2.75) is 26.0 Å². The van der Waals surface area contributed by atoms with Gasteiger partial charge in [-0.05, 0) is 61.0 Å². The van der Waals surface area contributed by atoms with Crippen LogP contribution < -0.4 is 10.1 Å². The predicted octanol–water partition coefficient (Wildman–Crippen LogP) is 3.84. The maximum Gasteiger partial charge on any atom is 0.119 e. The first-order valence-corrected chi connectivity index (χ1v) is 7.11. The largest absolute Gasteiger partial charge is 0.491 e. The minimum absolute atomic E-state index is 0.216. The molecule has 2 aromatic rings. The van der Waals surface area contributed by atoms with Gasteiger partial charge in [0.15, 0.2) is 0 Å². The summed E-state index contributed by atoms with van der Waals surface area (Å²) in [6, 6.07) is 10.7. The molecule has 0 saturated heterocycles. The van der Waals surface area contributed by atoms with Gasteiger partial charge in [0.2, 0.25) is 0 Å². The van der Waals surface area contributed by atoms with E-state index >= 15 is 0 Å². The lowest BCUT2D eigenvalue weighted by Crippen LogP contribution is -2.16. The fourth-order valence-electron chi connectivity index (χ4n) is 1.98. The third kappa shape index (κ3) is 3.12. The Morgan fingerprint density at radius 3 is 2.28 bits per heavy atom. The molecule has 1 aromatic carbocycles. The lowest BCUT2D eigenvalue weighted by Gasteiger charge is -2.16. The van der Waals surface area contributed by atoms with Crippen molar-refractivity contribution in [1.82, 2.24) is 5.32 Å². The molecule has 2 nitrogen and oxygen atoms in total. The Morgan fingerprint density at radius 2 is 1.78 bits per heavy atom. The highest BCUT2D eigenvalue weighted by Gasteiger charge is 2.12. The van der Waals surface area contributed by atoms with E-state index < -0.39 is 0 Å². The average molecular weight is 261 g/mol. The number of nitrogens with one attached hydrogen (secondary N) is 1. The van der Waals surface area contributed by atoms with E-state index in [0.29, 0.717) is 0 Å². The topological polar surface area (TPSA) is 21.3 Å². The molecule has 0 aliphatic rings. The summed E-state index contributed by atoms with van der Waals surface area (Å²) in [6.45, 7) is 4.07. The smallest absolute Gasteiger partial charge is 0.119 e. The zero-order valence-corrected chi connectivity index (χ0v) is 11.8. The van der Waals surface area contributed by atoms with E-state index in [-0.39, 0.29) is 12.1 Å². The van der Waals surface area contributed by atoms with Crippen molar-refractivity contribution in [3.8, 4) is 5.75 Å². The van der Waals surface area contributed by atoms with Gasteiger partial charge >= 0.3 is 0 Å². The Balaban J connectivity index is 2.17. The lowest BCUT2D eigenvalue weighted by molar-refractivity contribution is 0.242. The van der Waals surface area contributed by atoms with E-state index in [1.54, 1.807) is 11.3 Å². The minimum Gasteiger partial charge on any atom is -0.491 e. The first kappa shape index (κ1) is 13.1. The Kier molecular flexibility index (Phi) is 4.39. The number of hydrogen-bond acceptors (Lipinski definition) is 3. The highest BCUT2D eigenvalue weighted by Crippen LogP contribution is 2.25. The van der Waals surface area contributed by atoms with Gasteiger partial charge < -0.3 is 10.1 Å². The van der Waals surface area contributed by atoms with Crippen LogP contribution in [0.1, 0.15) is 31.0 Å². The zero-order chi connectivity index (χ0) is 13.0. The summed E-state index contributed by atoms with van der Waals surface area (Å²) < 4.78 is 5.65. The van der Waals surface area contributed by atoms with Crippen LogP contribution in [0.2, 0.25) is 0 Å². The normalized spacial score (nSPS) is 12.7. The number of thiophene rings is 1. The molecule has 1 heterocycles. The van der Waals surface area contributed by atoms with E-state index in [1.165, 1.54) is 11.1 Å². The van der Waals surface area contributed by atoms with Crippen LogP contribution in [0, 0.1) is 0 Å². The minimum atomic E-state index is 0.216.